The van der Waals surface area contributed by atoms with Crippen molar-refractivity contribution < 1.29 is 4.79 Å². The smallest absolute Gasteiger partial charge is 0.228 e. The minimum absolute atomic E-state index is 0.218. The predicted octanol–water partition coefficient (Wildman–Crippen LogP) is 1.85. The van der Waals surface area contributed by atoms with Crippen LogP contribution in [0.1, 0.15) is 20.8 Å². The molecule has 3 heteroatoms. The molecular formula is C9H19NOS. The zero-order valence-electron chi connectivity index (χ0n) is 8.68. The van der Waals surface area contributed by atoms with Crippen molar-refractivity contribution in [3.8, 4) is 0 Å². The highest BCUT2D eigenvalue weighted by molar-refractivity contribution is 7.98. The summed E-state index contributed by atoms with van der Waals surface area (Å²) in [6, 6.07) is 0. The molecule has 0 saturated carbocycles. The van der Waals surface area contributed by atoms with Crippen molar-refractivity contribution in [2.45, 2.75) is 20.8 Å². The highest BCUT2D eigenvalue weighted by Gasteiger charge is 2.28. The molecule has 0 bridgehead atoms. The Morgan fingerprint density at radius 2 is 2.00 bits per heavy atom. The number of hydrogen-bond donors (Lipinski definition) is 0. The second-order valence-corrected chi connectivity index (χ2v) is 4.50. The molecule has 0 saturated heterocycles. The fraction of sp³-hybridized carbons (Fsp3) is 0.889. The van der Waals surface area contributed by atoms with Crippen molar-refractivity contribution in [2.75, 3.05) is 25.6 Å². The van der Waals surface area contributed by atoms with E-state index in [1.54, 1.807) is 16.7 Å². The Bertz CT molecular complexity index is 157. The Kier molecular flexibility index (Phi) is 4.68. The summed E-state index contributed by atoms with van der Waals surface area (Å²) in [4.78, 5) is 13.5. The minimum atomic E-state index is -0.218. The maximum atomic E-state index is 11.7. The van der Waals surface area contributed by atoms with Crippen LogP contribution in [0.2, 0.25) is 0 Å². The van der Waals surface area contributed by atoms with E-state index in [1.807, 2.05) is 34.1 Å². The highest BCUT2D eigenvalue weighted by atomic mass is 32.2. The molecule has 0 aromatic heterocycles. The van der Waals surface area contributed by atoms with E-state index in [2.05, 4.69) is 0 Å². The van der Waals surface area contributed by atoms with Crippen molar-refractivity contribution in [3.05, 3.63) is 0 Å². The van der Waals surface area contributed by atoms with Gasteiger partial charge in [-0.25, -0.2) is 0 Å². The third-order valence-corrected chi connectivity index (χ3v) is 2.92. The molecule has 0 fully saturated rings. The van der Waals surface area contributed by atoms with Crippen molar-refractivity contribution >= 4 is 17.7 Å². The fourth-order valence-electron chi connectivity index (χ4n) is 1.08. The topological polar surface area (TPSA) is 20.3 Å². The van der Waals surface area contributed by atoms with Crippen molar-refractivity contribution in [3.63, 3.8) is 0 Å². The van der Waals surface area contributed by atoms with E-state index in [4.69, 9.17) is 0 Å². The van der Waals surface area contributed by atoms with Gasteiger partial charge in [-0.3, -0.25) is 4.79 Å². The molecule has 0 spiro atoms. The Balaban J connectivity index is 4.24. The lowest BCUT2D eigenvalue weighted by molar-refractivity contribution is -0.137. The Hall–Kier alpha value is -0.180. The quantitative estimate of drug-likeness (QED) is 0.673. The molecule has 1 amide bonds. The van der Waals surface area contributed by atoms with Gasteiger partial charge in [-0.15, -0.1) is 0 Å². The molecule has 0 aliphatic rings. The van der Waals surface area contributed by atoms with Crippen LogP contribution >= 0.6 is 11.8 Å². The molecule has 72 valence electrons. The number of rotatable bonds is 4. The van der Waals surface area contributed by atoms with Crippen LogP contribution < -0.4 is 0 Å². The van der Waals surface area contributed by atoms with Crippen molar-refractivity contribution in [2.24, 2.45) is 5.41 Å². The van der Waals surface area contributed by atoms with Crippen LogP contribution in [-0.4, -0.2) is 36.4 Å². The van der Waals surface area contributed by atoms with E-state index in [1.165, 1.54) is 0 Å². The second-order valence-electron chi connectivity index (χ2n) is 3.64. The first-order valence-corrected chi connectivity index (χ1v) is 5.59. The number of thioether (sulfide) groups is 1. The van der Waals surface area contributed by atoms with Gasteiger partial charge in [0.15, 0.2) is 0 Å². The summed E-state index contributed by atoms with van der Waals surface area (Å²) in [5.41, 5.74) is -0.218. The van der Waals surface area contributed by atoms with Crippen LogP contribution in [0.25, 0.3) is 0 Å². The van der Waals surface area contributed by atoms with E-state index in [9.17, 15) is 4.79 Å². The molecule has 0 radical (unpaired) electrons. The Morgan fingerprint density at radius 1 is 1.50 bits per heavy atom. The van der Waals surface area contributed by atoms with Gasteiger partial charge in [-0.1, -0.05) is 13.8 Å². The van der Waals surface area contributed by atoms with Crippen LogP contribution in [0, 0.1) is 5.41 Å². The van der Waals surface area contributed by atoms with Gasteiger partial charge >= 0.3 is 0 Å². The van der Waals surface area contributed by atoms with Gasteiger partial charge in [-0.05, 0) is 13.2 Å². The lowest BCUT2D eigenvalue weighted by atomic mass is 9.94. The molecular weight excluding hydrogens is 170 g/mol. The van der Waals surface area contributed by atoms with Gasteiger partial charge in [0.05, 0.1) is 5.41 Å². The summed E-state index contributed by atoms with van der Waals surface area (Å²) in [5, 5.41) is 0. The van der Waals surface area contributed by atoms with Crippen LogP contribution in [0.4, 0.5) is 0 Å². The molecule has 12 heavy (non-hydrogen) atoms. The second kappa shape index (κ2) is 4.75. The summed E-state index contributed by atoms with van der Waals surface area (Å²) < 4.78 is 0. The van der Waals surface area contributed by atoms with Gasteiger partial charge < -0.3 is 4.90 Å². The fourth-order valence-corrected chi connectivity index (χ4v) is 1.93. The zero-order valence-corrected chi connectivity index (χ0v) is 9.49. The van der Waals surface area contributed by atoms with E-state index in [-0.39, 0.29) is 11.3 Å². The molecule has 0 aromatic carbocycles. The van der Waals surface area contributed by atoms with Crippen molar-refractivity contribution in [1.82, 2.24) is 4.90 Å². The summed E-state index contributed by atoms with van der Waals surface area (Å²) in [7, 11) is 1.85. The predicted molar refractivity (Wildman–Crippen MR) is 55.5 cm³/mol. The van der Waals surface area contributed by atoms with Gasteiger partial charge in [0.2, 0.25) is 5.91 Å². The van der Waals surface area contributed by atoms with Gasteiger partial charge in [0.25, 0.3) is 0 Å². The first-order chi connectivity index (χ1) is 5.45. The molecule has 0 atom stereocenters. The number of amides is 1. The summed E-state index contributed by atoms with van der Waals surface area (Å²) in [5.74, 6) is 1.12. The number of carbonyl (C=O) groups is 1. The van der Waals surface area contributed by atoms with E-state index >= 15 is 0 Å². The molecule has 0 aromatic rings. The lowest BCUT2D eigenvalue weighted by Gasteiger charge is -2.27. The molecule has 0 heterocycles. The highest BCUT2D eigenvalue weighted by Crippen LogP contribution is 2.22. The van der Waals surface area contributed by atoms with Crippen LogP contribution in [0.3, 0.4) is 0 Å². The maximum absolute atomic E-state index is 11.7. The third-order valence-electron chi connectivity index (χ3n) is 1.91. The number of carbonyl (C=O) groups excluding carboxylic acids is 1. The van der Waals surface area contributed by atoms with Crippen LogP contribution in [0.5, 0.6) is 0 Å². The summed E-state index contributed by atoms with van der Waals surface area (Å²) >= 11 is 1.72. The average Bonchev–Trinajstić information content (AvgIpc) is 2.01. The van der Waals surface area contributed by atoms with E-state index < -0.39 is 0 Å². The molecule has 2 nitrogen and oxygen atoms in total. The van der Waals surface area contributed by atoms with E-state index in [0.29, 0.717) is 0 Å². The first kappa shape index (κ1) is 11.8. The van der Waals surface area contributed by atoms with Crippen LogP contribution in [0.15, 0.2) is 0 Å². The van der Waals surface area contributed by atoms with Gasteiger partial charge in [0.1, 0.15) is 0 Å². The zero-order chi connectivity index (χ0) is 9.78. The average molecular weight is 189 g/mol. The molecule has 0 unspecified atom stereocenters. The molecule has 0 N–H and O–H groups in total. The third kappa shape index (κ3) is 3.05. The van der Waals surface area contributed by atoms with E-state index in [0.717, 1.165) is 12.3 Å². The summed E-state index contributed by atoms with van der Waals surface area (Å²) in [6.45, 7) is 6.78. The summed E-state index contributed by atoms with van der Waals surface area (Å²) in [6.07, 6.45) is 2.03. The maximum Gasteiger partial charge on any atom is 0.228 e. The molecule has 0 aliphatic heterocycles. The van der Waals surface area contributed by atoms with Crippen LogP contribution in [-0.2, 0) is 4.79 Å². The molecule has 0 rings (SSSR count). The minimum Gasteiger partial charge on any atom is -0.346 e. The van der Waals surface area contributed by atoms with Gasteiger partial charge in [0, 0.05) is 19.3 Å². The number of hydrogen-bond acceptors (Lipinski definition) is 2. The monoisotopic (exact) mass is 189 g/mol. The Labute approximate surface area is 79.7 Å². The van der Waals surface area contributed by atoms with Crippen molar-refractivity contribution in [1.29, 1.82) is 0 Å². The lowest BCUT2D eigenvalue weighted by Crippen LogP contribution is -2.39. The number of nitrogens with zero attached hydrogens (tertiary/aromatic N) is 1. The largest absolute Gasteiger partial charge is 0.346 e. The Morgan fingerprint density at radius 3 is 2.33 bits per heavy atom. The SMILES string of the molecule is CCN(C)C(=O)C(C)(C)CSC. The molecule has 0 aliphatic carbocycles. The standard InChI is InChI=1S/C9H19NOS/c1-6-10(4)8(11)9(2,3)7-12-5/h6-7H2,1-5H3. The van der Waals surface area contributed by atoms with Gasteiger partial charge in [-0.2, -0.15) is 11.8 Å². The normalized spacial score (nSPS) is 11.4. The first-order valence-electron chi connectivity index (χ1n) is 4.20.